The van der Waals surface area contributed by atoms with E-state index in [1.165, 1.54) is 0 Å². The summed E-state index contributed by atoms with van der Waals surface area (Å²) in [6.07, 6.45) is 2.04. The number of benzene rings is 1. The molecule has 5 nitrogen and oxygen atoms in total. The first-order chi connectivity index (χ1) is 9.49. The van der Waals surface area contributed by atoms with E-state index in [2.05, 4.69) is 5.10 Å². The van der Waals surface area contributed by atoms with Crippen LogP contribution in [0, 0.1) is 11.6 Å². The average molecular weight is 282 g/mol. The quantitative estimate of drug-likeness (QED) is 0.911. The van der Waals surface area contributed by atoms with E-state index in [0.717, 1.165) is 17.8 Å². The van der Waals surface area contributed by atoms with Crippen LogP contribution in [0.15, 0.2) is 24.4 Å². The minimum Gasteiger partial charge on any atom is -0.487 e. The normalized spacial score (nSPS) is 10.6. The molecule has 1 N–H and O–H groups in total. The Morgan fingerprint density at radius 1 is 1.40 bits per heavy atom. The second-order valence-electron chi connectivity index (χ2n) is 4.12. The molecule has 2 rings (SSSR count). The van der Waals surface area contributed by atoms with Crippen molar-refractivity contribution in [3.05, 3.63) is 47.3 Å². The molecular weight excluding hydrogens is 270 g/mol. The van der Waals surface area contributed by atoms with Crippen molar-refractivity contribution in [2.45, 2.75) is 6.42 Å². The van der Waals surface area contributed by atoms with Gasteiger partial charge in [0.15, 0.2) is 17.4 Å². The summed E-state index contributed by atoms with van der Waals surface area (Å²) in [6.45, 7) is 0.0553. The van der Waals surface area contributed by atoms with Crippen LogP contribution >= 0.6 is 0 Å². The molecule has 2 aromatic rings. The van der Waals surface area contributed by atoms with Crippen molar-refractivity contribution in [3.8, 4) is 5.75 Å². The predicted molar refractivity (Wildman–Crippen MR) is 65.7 cm³/mol. The lowest BCUT2D eigenvalue weighted by atomic mass is 10.2. The number of rotatable bonds is 5. The van der Waals surface area contributed by atoms with Crippen LogP contribution in [0.25, 0.3) is 0 Å². The van der Waals surface area contributed by atoms with Crippen molar-refractivity contribution in [3.63, 3.8) is 0 Å². The molecule has 0 aliphatic carbocycles. The molecule has 1 heterocycles. The lowest BCUT2D eigenvalue weighted by molar-refractivity contribution is 0.0695. The Morgan fingerprint density at radius 2 is 2.05 bits per heavy atom. The maximum atomic E-state index is 13.6. The summed E-state index contributed by atoms with van der Waals surface area (Å²) in [6, 6.07) is 3.22. The van der Waals surface area contributed by atoms with Gasteiger partial charge in [-0.1, -0.05) is 0 Å². The van der Waals surface area contributed by atoms with E-state index in [9.17, 15) is 13.6 Å². The van der Waals surface area contributed by atoms with E-state index in [1.54, 1.807) is 24.0 Å². The fourth-order valence-electron chi connectivity index (χ4n) is 1.73. The standard InChI is InChI=1S/C13H12F2N2O3/c1-17-9(2-4-16-17)3-5-20-12-10(14)6-8(13(18)19)7-11(12)15/h2,4,6-7H,3,5H2,1H3,(H,18,19). The predicted octanol–water partition coefficient (Wildman–Crippen LogP) is 2.02. The van der Waals surface area contributed by atoms with Gasteiger partial charge in [-0.15, -0.1) is 0 Å². The Labute approximate surface area is 113 Å². The number of aryl methyl sites for hydroxylation is 1. The van der Waals surface area contributed by atoms with Gasteiger partial charge in [0.25, 0.3) is 0 Å². The summed E-state index contributed by atoms with van der Waals surface area (Å²) < 4.78 is 33.8. The summed E-state index contributed by atoms with van der Waals surface area (Å²) >= 11 is 0. The first-order valence-corrected chi connectivity index (χ1v) is 5.81. The number of hydrogen-bond acceptors (Lipinski definition) is 3. The number of hydrogen-bond donors (Lipinski definition) is 1. The highest BCUT2D eigenvalue weighted by Crippen LogP contribution is 2.23. The molecule has 0 atom stereocenters. The van der Waals surface area contributed by atoms with Gasteiger partial charge in [0.2, 0.25) is 0 Å². The van der Waals surface area contributed by atoms with Gasteiger partial charge in [-0.2, -0.15) is 5.10 Å². The van der Waals surface area contributed by atoms with E-state index in [0.29, 0.717) is 6.42 Å². The second-order valence-corrected chi connectivity index (χ2v) is 4.12. The van der Waals surface area contributed by atoms with Crippen molar-refractivity contribution >= 4 is 5.97 Å². The van der Waals surface area contributed by atoms with Gasteiger partial charge >= 0.3 is 5.97 Å². The van der Waals surface area contributed by atoms with Crippen LogP contribution in [0.1, 0.15) is 16.1 Å². The Balaban J connectivity index is 2.06. The summed E-state index contributed by atoms with van der Waals surface area (Å²) in [4.78, 5) is 10.6. The number of halogens is 2. The fourth-order valence-corrected chi connectivity index (χ4v) is 1.73. The molecule has 0 spiro atoms. The maximum absolute atomic E-state index is 13.6. The van der Waals surface area contributed by atoms with Crippen molar-refractivity contribution < 1.29 is 23.4 Å². The van der Waals surface area contributed by atoms with Gasteiger partial charge in [0, 0.05) is 25.4 Å². The van der Waals surface area contributed by atoms with Crippen molar-refractivity contribution in [2.75, 3.05) is 6.61 Å². The number of carboxylic acids is 1. The van der Waals surface area contributed by atoms with Crippen LogP contribution in [-0.4, -0.2) is 27.5 Å². The van der Waals surface area contributed by atoms with Crippen LogP contribution in [-0.2, 0) is 13.5 Å². The zero-order valence-electron chi connectivity index (χ0n) is 10.6. The van der Waals surface area contributed by atoms with E-state index < -0.39 is 28.9 Å². The van der Waals surface area contributed by atoms with Crippen molar-refractivity contribution in [1.82, 2.24) is 9.78 Å². The number of nitrogens with zero attached hydrogens (tertiary/aromatic N) is 2. The zero-order chi connectivity index (χ0) is 14.7. The van der Waals surface area contributed by atoms with Crippen molar-refractivity contribution in [1.29, 1.82) is 0 Å². The lowest BCUT2D eigenvalue weighted by Crippen LogP contribution is -2.09. The van der Waals surface area contributed by atoms with Crippen molar-refractivity contribution in [2.24, 2.45) is 7.05 Å². The highest BCUT2D eigenvalue weighted by Gasteiger charge is 2.16. The van der Waals surface area contributed by atoms with E-state index >= 15 is 0 Å². The molecule has 0 radical (unpaired) electrons. The monoisotopic (exact) mass is 282 g/mol. The fraction of sp³-hybridized carbons (Fsp3) is 0.231. The molecular formula is C13H12F2N2O3. The molecule has 0 saturated heterocycles. The second kappa shape index (κ2) is 5.68. The molecule has 0 amide bonds. The zero-order valence-corrected chi connectivity index (χ0v) is 10.6. The Kier molecular flexibility index (Phi) is 3.97. The van der Waals surface area contributed by atoms with Crippen LogP contribution in [0.4, 0.5) is 8.78 Å². The van der Waals surface area contributed by atoms with E-state index in [-0.39, 0.29) is 6.61 Å². The molecule has 1 aromatic carbocycles. The lowest BCUT2D eigenvalue weighted by Gasteiger charge is -2.09. The molecule has 0 saturated carbocycles. The Hall–Kier alpha value is -2.44. The molecule has 0 unspecified atom stereocenters. The number of aromatic carboxylic acids is 1. The summed E-state index contributed by atoms with van der Waals surface area (Å²) in [5.74, 6) is -4.04. The van der Waals surface area contributed by atoms with Gasteiger partial charge in [0.1, 0.15) is 0 Å². The minimum atomic E-state index is -1.40. The molecule has 20 heavy (non-hydrogen) atoms. The number of aromatic nitrogens is 2. The topological polar surface area (TPSA) is 64.4 Å². The summed E-state index contributed by atoms with van der Waals surface area (Å²) in [7, 11) is 1.75. The smallest absolute Gasteiger partial charge is 0.335 e. The first-order valence-electron chi connectivity index (χ1n) is 5.81. The van der Waals surface area contributed by atoms with Gasteiger partial charge < -0.3 is 9.84 Å². The van der Waals surface area contributed by atoms with Crippen LogP contribution < -0.4 is 4.74 Å². The molecule has 0 bridgehead atoms. The molecule has 106 valence electrons. The molecule has 7 heteroatoms. The first kappa shape index (κ1) is 14.0. The maximum Gasteiger partial charge on any atom is 0.335 e. The van der Waals surface area contributed by atoms with Crippen LogP contribution in [0.3, 0.4) is 0 Å². The van der Waals surface area contributed by atoms with Gasteiger partial charge in [-0.25, -0.2) is 13.6 Å². The molecule has 0 fully saturated rings. The van der Waals surface area contributed by atoms with E-state index in [4.69, 9.17) is 9.84 Å². The third-order valence-electron chi connectivity index (χ3n) is 2.77. The van der Waals surface area contributed by atoms with Gasteiger partial charge in [0.05, 0.1) is 12.2 Å². The SMILES string of the molecule is Cn1nccc1CCOc1c(F)cc(C(=O)O)cc1F. The van der Waals surface area contributed by atoms with Crippen LogP contribution in [0.2, 0.25) is 0 Å². The average Bonchev–Trinajstić information content (AvgIpc) is 2.78. The minimum absolute atomic E-state index is 0.0553. The Bertz CT molecular complexity index is 617. The Morgan fingerprint density at radius 3 is 2.55 bits per heavy atom. The number of carboxylic acid groups (broad SMARTS) is 1. The molecule has 0 aliphatic rings. The van der Waals surface area contributed by atoms with E-state index in [1.807, 2.05) is 0 Å². The number of ether oxygens (including phenoxy) is 1. The third kappa shape index (κ3) is 2.93. The van der Waals surface area contributed by atoms with Gasteiger partial charge in [-0.3, -0.25) is 4.68 Å². The summed E-state index contributed by atoms with van der Waals surface area (Å²) in [5, 5.41) is 12.6. The number of carbonyl (C=O) groups is 1. The van der Waals surface area contributed by atoms with Gasteiger partial charge in [-0.05, 0) is 18.2 Å². The highest BCUT2D eigenvalue weighted by molar-refractivity contribution is 5.87. The highest BCUT2D eigenvalue weighted by atomic mass is 19.1. The summed E-state index contributed by atoms with van der Waals surface area (Å²) in [5.41, 5.74) is 0.395. The molecule has 1 aromatic heterocycles. The molecule has 0 aliphatic heterocycles. The van der Waals surface area contributed by atoms with Crippen LogP contribution in [0.5, 0.6) is 5.75 Å². The largest absolute Gasteiger partial charge is 0.487 e. The third-order valence-corrected chi connectivity index (χ3v) is 2.77.